The fourth-order valence-electron chi connectivity index (χ4n) is 2.39. The molecule has 1 aliphatic carbocycles. The van der Waals surface area contributed by atoms with E-state index in [1.54, 1.807) is 0 Å². The Morgan fingerprint density at radius 2 is 1.87 bits per heavy atom. The van der Waals surface area contributed by atoms with E-state index in [1.165, 1.54) is 19.3 Å². The third kappa shape index (κ3) is 3.74. The minimum Gasteiger partial charge on any atom is -0.396 e. The van der Waals surface area contributed by atoms with Crippen LogP contribution in [0.25, 0.3) is 0 Å². The Labute approximate surface area is 92.9 Å². The van der Waals surface area contributed by atoms with Crippen molar-refractivity contribution >= 4 is 0 Å². The zero-order chi connectivity index (χ0) is 11.1. The van der Waals surface area contributed by atoms with E-state index in [2.05, 4.69) is 12.2 Å². The van der Waals surface area contributed by atoms with Gasteiger partial charge in [-0.15, -0.1) is 0 Å². The Morgan fingerprint density at radius 3 is 2.33 bits per heavy atom. The van der Waals surface area contributed by atoms with Gasteiger partial charge in [-0.05, 0) is 19.3 Å². The highest BCUT2D eigenvalue weighted by molar-refractivity contribution is 4.85. The van der Waals surface area contributed by atoms with Crippen LogP contribution in [0.3, 0.4) is 0 Å². The zero-order valence-corrected chi connectivity index (χ0v) is 9.84. The Balaban J connectivity index is 2.38. The molecule has 0 aromatic carbocycles. The summed E-state index contributed by atoms with van der Waals surface area (Å²) < 4.78 is 0. The van der Waals surface area contributed by atoms with E-state index in [-0.39, 0.29) is 24.7 Å². The molecule has 1 atom stereocenters. The molecular weight excluding hydrogens is 190 g/mol. The smallest absolute Gasteiger partial charge is 0.0584 e. The summed E-state index contributed by atoms with van der Waals surface area (Å²) in [5.74, 6) is 0. The van der Waals surface area contributed by atoms with Crippen LogP contribution in [0.4, 0.5) is 0 Å². The van der Waals surface area contributed by atoms with Crippen LogP contribution in [0.2, 0.25) is 0 Å². The molecule has 0 radical (unpaired) electrons. The summed E-state index contributed by atoms with van der Waals surface area (Å²) in [4.78, 5) is 0. The molecule has 0 aliphatic heterocycles. The van der Waals surface area contributed by atoms with Gasteiger partial charge in [-0.1, -0.05) is 26.2 Å². The van der Waals surface area contributed by atoms with Gasteiger partial charge in [0.2, 0.25) is 0 Å². The van der Waals surface area contributed by atoms with Crippen LogP contribution < -0.4 is 5.32 Å². The van der Waals surface area contributed by atoms with Gasteiger partial charge in [-0.2, -0.15) is 0 Å². The lowest BCUT2D eigenvalue weighted by Gasteiger charge is -2.36. The third-order valence-corrected chi connectivity index (χ3v) is 3.73. The average molecular weight is 215 g/mol. The highest BCUT2D eigenvalue weighted by Gasteiger charge is 2.31. The molecule has 0 saturated heterocycles. The predicted octanol–water partition coefficient (Wildman–Crippen LogP) is 1.29. The van der Waals surface area contributed by atoms with E-state index in [1.807, 2.05) is 0 Å². The molecule has 0 heterocycles. The molecule has 3 N–H and O–H groups in total. The quantitative estimate of drug-likeness (QED) is 0.626. The van der Waals surface area contributed by atoms with Crippen LogP contribution in [-0.4, -0.2) is 36.0 Å². The van der Waals surface area contributed by atoms with E-state index in [0.29, 0.717) is 0 Å². The highest BCUT2D eigenvalue weighted by atomic mass is 16.3. The number of hydrogen-bond donors (Lipinski definition) is 3. The summed E-state index contributed by atoms with van der Waals surface area (Å²) in [7, 11) is 0. The normalized spacial score (nSPS) is 22.6. The summed E-state index contributed by atoms with van der Waals surface area (Å²) in [5, 5.41) is 22.0. The number of rotatable bonds is 6. The van der Waals surface area contributed by atoms with Gasteiger partial charge in [0.15, 0.2) is 0 Å². The molecule has 0 unspecified atom stereocenters. The van der Waals surface area contributed by atoms with Crippen LogP contribution >= 0.6 is 0 Å². The first-order valence-electron chi connectivity index (χ1n) is 6.21. The van der Waals surface area contributed by atoms with Crippen LogP contribution in [0.5, 0.6) is 0 Å². The number of aliphatic hydroxyl groups excluding tert-OH is 2. The van der Waals surface area contributed by atoms with E-state index in [4.69, 9.17) is 5.11 Å². The molecule has 0 aromatic heterocycles. The second-order valence-electron chi connectivity index (χ2n) is 4.89. The molecule has 3 nitrogen and oxygen atoms in total. The monoisotopic (exact) mass is 215 g/mol. The fourth-order valence-corrected chi connectivity index (χ4v) is 2.39. The van der Waals surface area contributed by atoms with Crippen LogP contribution in [0, 0.1) is 5.41 Å². The molecule has 3 heteroatoms. The molecule has 90 valence electrons. The lowest BCUT2D eigenvalue weighted by atomic mass is 9.74. The summed E-state index contributed by atoms with van der Waals surface area (Å²) in [6.45, 7) is 3.39. The molecular formula is C12H25NO2. The van der Waals surface area contributed by atoms with Crippen LogP contribution in [-0.2, 0) is 0 Å². The maximum Gasteiger partial charge on any atom is 0.0584 e. The topological polar surface area (TPSA) is 52.5 Å². The van der Waals surface area contributed by atoms with Crippen molar-refractivity contribution in [2.24, 2.45) is 5.41 Å². The number of hydrogen-bond acceptors (Lipinski definition) is 3. The number of aliphatic hydroxyl groups is 2. The molecule has 0 aromatic rings. The number of nitrogens with one attached hydrogen (secondary N) is 1. The van der Waals surface area contributed by atoms with Crippen LogP contribution in [0.1, 0.15) is 45.4 Å². The minimum atomic E-state index is 0.0842. The van der Waals surface area contributed by atoms with Gasteiger partial charge in [-0.25, -0.2) is 0 Å². The molecule has 0 spiro atoms. The largest absolute Gasteiger partial charge is 0.396 e. The first kappa shape index (κ1) is 12.9. The fraction of sp³-hybridized carbons (Fsp3) is 1.00. The SMILES string of the molecule is CC[C@H](CO)NCC1(CO)CCCCC1. The molecule has 0 amide bonds. The van der Waals surface area contributed by atoms with Crippen molar-refractivity contribution in [2.45, 2.75) is 51.5 Å². The minimum absolute atomic E-state index is 0.0842. The van der Waals surface area contributed by atoms with E-state index in [9.17, 15) is 5.11 Å². The van der Waals surface area contributed by atoms with Gasteiger partial charge in [0.25, 0.3) is 0 Å². The second-order valence-corrected chi connectivity index (χ2v) is 4.89. The molecule has 0 bridgehead atoms. The third-order valence-electron chi connectivity index (χ3n) is 3.73. The van der Waals surface area contributed by atoms with Gasteiger partial charge in [0.1, 0.15) is 0 Å². The summed E-state index contributed by atoms with van der Waals surface area (Å²) >= 11 is 0. The van der Waals surface area contributed by atoms with Crippen LogP contribution in [0.15, 0.2) is 0 Å². The molecule has 1 saturated carbocycles. The summed E-state index contributed by atoms with van der Waals surface area (Å²) in [6.07, 6.45) is 6.96. The first-order chi connectivity index (χ1) is 7.26. The van der Waals surface area contributed by atoms with Gasteiger partial charge in [0.05, 0.1) is 6.61 Å². The van der Waals surface area contributed by atoms with Gasteiger partial charge >= 0.3 is 0 Å². The van der Waals surface area contributed by atoms with Crippen molar-refractivity contribution in [3.05, 3.63) is 0 Å². The van der Waals surface area contributed by atoms with Crippen molar-refractivity contribution in [1.82, 2.24) is 5.32 Å². The zero-order valence-electron chi connectivity index (χ0n) is 9.84. The van der Waals surface area contributed by atoms with Gasteiger partial charge in [0, 0.05) is 24.6 Å². The van der Waals surface area contributed by atoms with Gasteiger partial charge in [-0.3, -0.25) is 0 Å². The Kier molecular flexibility index (Phi) is 5.58. The van der Waals surface area contributed by atoms with Crippen molar-refractivity contribution < 1.29 is 10.2 Å². The lowest BCUT2D eigenvalue weighted by molar-refractivity contribution is 0.0747. The van der Waals surface area contributed by atoms with E-state index in [0.717, 1.165) is 25.8 Å². The second kappa shape index (κ2) is 6.46. The average Bonchev–Trinajstić information content (AvgIpc) is 2.31. The molecule has 15 heavy (non-hydrogen) atoms. The Hall–Kier alpha value is -0.120. The van der Waals surface area contributed by atoms with Crippen molar-refractivity contribution in [1.29, 1.82) is 0 Å². The van der Waals surface area contributed by atoms with Gasteiger partial charge < -0.3 is 15.5 Å². The maximum atomic E-state index is 9.50. The van der Waals surface area contributed by atoms with E-state index >= 15 is 0 Å². The summed E-state index contributed by atoms with van der Waals surface area (Å²) in [5.41, 5.74) is 0.0842. The van der Waals surface area contributed by atoms with Crippen molar-refractivity contribution in [3.8, 4) is 0 Å². The lowest BCUT2D eigenvalue weighted by Crippen LogP contribution is -2.44. The predicted molar refractivity (Wildman–Crippen MR) is 61.8 cm³/mol. The van der Waals surface area contributed by atoms with Crippen molar-refractivity contribution in [2.75, 3.05) is 19.8 Å². The first-order valence-corrected chi connectivity index (χ1v) is 6.21. The summed E-state index contributed by atoms with van der Waals surface area (Å²) in [6, 6.07) is 0.190. The highest BCUT2D eigenvalue weighted by Crippen LogP contribution is 2.35. The van der Waals surface area contributed by atoms with E-state index < -0.39 is 0 Å². The Bertz CT molecular complexity index is 163. The van der Waals surface area contributed by atoms with Crippen molar-refractivity contribution in [3.63, 3.8) is 0 Å². The molecule has 1 aliphatic rings. The standard InChI is InChI=1S/C12H25NO2/c1-2-11(8-14)13-9-12(10-15)6-4-3-5-7-12/h11,13-15H,2-10H2,1H3/t11-/m1/s1. The molecule has 1 fully saturated rings. The molecule has 1 rings (SSSR count). The maximum absolute atomic E-state index is 9.50. The Morgan fingerprint density at radius 1 is 1.20 bits per heavy atom.